The molecule has 8 nitrogen and oxygen atoms in total. The van der Waals surface area contributed by atoms with Gasteiger partial charge < -0.3 is 4.74 Å². The Bertz CT molecular complexity index is 1590. The number of ether oxygens (including phenoxy) is 1. The van der Waals surface area contributed by atoms with Crippen LogP contribution in [0.4, 0.5) is 0 Å². The van der Waals surface area contributed by atoms with Gasteiger partial charge in [0.2, 0.25) is 0 Å². The number of fused-ring (bicyclic) bond motifs is 1. The normalized spacial score (nSPS) is 14.5. The molecule has 0 spiro atoms. The van der Waals surface area contributed by atoms with E-state index in [1.807, 2.05) is 86.0 Å². The second kappa shape index (κ2) is 11.1. The zero-order chi connectivity index (χ0) is 26.6. The molecule has 1 aliphatic carbocycles. The molecule has 4 heterocycles. The summed E-state index contributed by atoms with van der Waals surface area (Å²) in [7, 11) is 0. The van der Waals surface area contributed by atoms with E-state index in [9.17, 15) is 4.79 Å². The lowest BCUT2D eigenvalue weighted by Crippen LogP contribution is -2.32. The summed E-state index contributed by atoms with van der Waals surface area (Å²) in [6.45, 7) is 2.40. The molecule has 0 bridgehead atoms. The Balaban J connectivity index is 1.24. The van der Waals surface area contributed by atoms with Gasteiger partial charge in [0.05, 0.1) is 22.4 Å². The third-order valence-corrected chi connectivity index (χ3v) is 7.11. The molecule has 1 aliphatic rings. The smallest absolute Gasteiger partial charge is 0.328 e. The fraction of sp³-hybridized carbons (Fsp3) is 0.258. The van der Waals surface area contributed by atoms with Crippen molar-refractivity contribution in [3.05, 3.63) is 95.9 Å². The van der Waals surface area contributed by atoms with Crippen molar-refractivity contribution in [3.8, 4) is 22.6 Å². The molecule has 0 radical (unpaired) electrons. The Morgan fingerprint density at radius 1 is 1.00 bits per heavy atom. The zero-order valence-corrected chi connectivity index (χ0v) is 21.8. The van der Waals surface area contributed by atoms with Gasteiger partial charge in [-0.15, -0.1) is 0 Å². The van der Waals surface area contributed by atoms with Crippen LogP contribution >= 0.6 is 0 Å². The first-order valence-corrected chi connectivity index (χ1v) is 13.4. The number of aryl methyl sites for hydroxylation is 1. The number of aromatic nitrogens is 5. The molecule has 0 amide bonds. The molecule has 4 aromatic heterocycles. The second-order valence-corrected chi connectivity index (χ2v) is 9.96. The SMILES string of the molecule is Cc1cccc(-c2n[nH]cc2-c2ccc3ncc(CNC(C(=O)OC4CCCC4)c4ccccc4)cc3n2)n1. The van der Waals surface area contributed by atoms with Crippen LogP contribution in [-0.2, 0) is 16.1 Å². The molecule has 0 aliphatic heterocycles. The molecule has 6 rings (SSSR count). The van der Waals surface area contributed by atoms with Crippen molar-refractivity contribution in [2.24, 2.45) is 0 Å². The predicted octanol–water partition coefficient (Wildman–Crippen LogP) is 5.71. The molecule has 1 unspecified atom stereocenters. The first kappa shape index (κ1) is 24.9. The standard InChI is InChI=1S/C31H30N6O2/c1-20-8-7-13-27(35-20)30-24(19-34-37-30)25-14-15-26-28(36-25)16-21(17-32-26)18-33-29(22-9-3-2-4-10-22)31(38)39-23-11-5-6-12-23/h2-4,7-10,13-17,19,23,29,33H,5-6,11-12,18H2,1H3,(H,34,37). The van der Waals surface area contributed by atoms with Crippen LogP contribution < -0.4 is 5.32 Å². The molecule has 1 fully saturated rings. The van der Waals surface area contributed by atoms with Crippen LogP contribution in [0.1, 0.15) is 48.5 Å². The number of pyridine rings is 3. The highest BCUT2D eigenvalue weighted by atomic mass is 16.5. The number of hydrogen-bond donors (Lipinski definition) is 2. The topological polar surface area (TPSA) is 106 Å². The van der Waals surface area contributed by atoms with Gasteiger partial charge in [-0.1, -0.05) is 36.4 Å². The molecule has 196 valence electrons. The summed E-state index contributed by atoms with van der Waals surface area (Å²) < 4.78 is 5.86. The summed E-state index contributed by atoms with van der Waals surface area (Å²) in [6.07, 6.45) is 7.77. The van der Waals surface area contributed by atoms with E-state index in [0.717, 1.165) is 76.2 Å². The Morgan fingerprint density at radius 3 is 2.67 bits per heavy atom. The quantitative estimate of drug-likeness (QED) is 0.254. The molecule has 1 aromatic carbocycles. The summed E-state index contributed by atoms with van der Waals surface area (Å²) in [5.74, 6) is -0.237. The van der Waals surface area contributed by atoms with E-state index >= 15 is 0 Å². The maximum absolute atomic E-state index is 13.2. The molecule has 2 N–H and O–H groups in total. The lowest BCUT2D eigenvalue weighted by Gasteiger charge is -2.21. The minimum absolute atomic E-state index is 0.0123. The highest BCUT2D eigenvalue weighted by molar-refractivity contribution is 5.83. The number of aromatic amines is 1. The molecule has 1 atom stereocenters. The number of hydrogen-bond acceptors (Lipinski definition) is 7. The lowest BCUT2D eigenvalue weighted by molar-refractivity contribution is -0.151. The third-order valence-electron chi connectivity index (χ3n) is 7.11. The Kier molecular flexibility index (Phi) is 7.10. The minimum Gasteiger partial charge on any atom is -0.461 e. The molecule has 0 saturated heterocycles. The van der Waals surface area contributed by atoms with Crippen LogP contribution in [-0.4, -0.2) is 37.2 Å². The summed E-state index contributed by atoms with van der Waals surface area (Å²) in [5, 5.41) is 10.8. The van der Waals surface area contributed by atoms with Crippen molar-refractivity contribution in [3.63, 3.8) is 0 Å². The van der Waals surface area contributed by atoms with E-state index in [1.54, 1.807) is 0 Å². The summed E-state index contributed by atoms with van der Waals surface area (Å²) in [5.41, 5.74) is 7.49. The molecular formula is C31H30N6O2. The Hall–Kier alpha value is -4.43. The number of esters is 1. The molecule has 1 saturated carbocycles. The molecular weight excluding hydrogens is 488 g/mol. The Labute approximate surface area is 226 Å². The summed E-state index contributed by atoms with van der Waals surface area (Å²) in [6, 6.07) is 20.9. The van der Waals surface area contributed by atoms with Gasteiger partial charge in [0.1, 0.15) is 17.8 Å². The molecule has 8 heteroatoms. The van der Waals surface area contributed by atoms with Crippen molar-refractivity contribution < 1.29 is 9.53 Å². The number of benzene rings is 1. The number of H-pyrrole nitrogens is 1. The van der Waals surface area contributed by atoms with E-state index in [1.165, 1.54) is 0 Å². The van der Waals surface area contributed by atoms with Crippen LogP contribution in [0, 0.1) is 6.92 Å². The monoisotopic (exact) mass is 518 g/mol. The van der Waals surface area contributed by atoms with Crippen molar-refractivity contribution in [1.82, 2.24) is 30.5 Å². The van der Waals surface area contributed by atoms with E-state index < -0.39 is 6.04 Å². The minimum atomic E-state index is -0.558. The summed E-state index contributed by atoms with van der Waals surface area (Å²) >= 11 is 0. The number of carbonyl (C=O) groups is 1. The average molecular weight is 519 g/mol. The van der Waals surface area contributed by atoms with Crippen LogP contribution in [0.2, 0.25) is 0 Å². The van der Waals surface area contributed by atoms with Gasteiger partial charge in [0, 0.05) is 30.2 Å². The number of rotatable bonds is 8. The van der Waals surface area contributed by atoms with Crippen molar-refractivity contribution >= 4 is 17.0 Å². The van der Waals surface area contributed by atoms with Gasteiger partial charge in [0.15, 0.2) is 0 Å². The summed E-state index contributed by atoms with van der Waals surface area (Å²) in [4.78, 5) is 27.3. The average Bonchev–Trinajstić information content (AvgIpc) is 3.66. The predicted molar refractivity (Wildman–Crippen MR) is 149 cm³/mol. The largest absolute Gasteiger partial charge is 0.461 e. The van der Waals surface area contributed by atoms with Crippen LogP contribution in [0.15, 0.2) is 79.1 Å². The van der Waals surface area contributed by atoms with Gasteiger partial charge >= 0.3 is 5.97 Å². The first-order valence-electron chi connectivity index (χ1n) is 13.4. The Morgan fingerprint density at radius 2 is 1.85 bits per heavy atom. The van der Waals surface area contributed by atoms with E-state index in [-0.39, 0.29) is 12.1 Å². The van der Waals surface area contributed by atoms with Crippen LogP contribution in [0.5, 0.6) is 0 Å². The zero-order valence-electron chi connectivity index (χ0n) is 21.8. The van der Waals surface area contributed by atoms with Gasteiger partial charge in [-0.05, 0) is 74.1 Å². The maximum Gasteiger partial charge on any atom is 0.328 e. The fourth-order valence-corrected chi connectivity index (χ4v) is 5.09. The lowest BCUT2D eigenvalue weighted by atomic mass is 10.1. The number of nitrogens with zero attached hydrogens (tertiary/aromatic N) is 4. The molecule has 5 aromatic rings. The third kappa shape index (κ3) is 5.56. The van der Waals surface area contributed by atoms with Crippen molar-refractivity contribution in [1.29, 1.82) is 0 Å². The fourth-order valence-electron chi connectivity index (χ4n) is 5.09. The molecule has 39 heavy (non-hydrogen) atoms. The number of nitrogens with one attached hydrogen (secondary N) is 2. The van der Waals surface area contributed by atoms with Crippen molar-refractivity contribution in [2.75, 3.05) is 0 Å². The van der Waals surface area contributed by atoms with Crippen molar-refractivity contribution in [2.45, 2.75) is 51.3 Å². The highest BCUT2D eigenvalue weighted by Crippen LogP contribution is 2.29. The van der Waals surface area contributed by atoms with Gasteiger partial charge in [-0.2, -0.15) is 5.10 Å². The van der Waals surface area contributed by atoms with Gasteiger partial charge in [-0.25, -0.2) is 9.78 Å². The highest BCUT2D eigenvalue weighted by Gasteiger charge is 2.26. The van der Waals surface area contributed by atoms with Crippen LogP contribution in [0.3, 0.4) is 0 Å². The van der Waals surface area contributed by atoms with E-state index in [0.29, 0.717) is 6.54 Å². The maximum atomic E-state index is 13.2. The van der Waals surface area contributed by atoms with Gasteiger partial charge in [0.25, 0.3) is 0 Å². The second-order valence-electron chi connectivity index (χ2n) is 9.96. The van der Waals surface area contributed by atoms with E-state index in [2.05, 4.69) is 25.5 Å². The van der Waals surface area contributed by atoms with Gasteiger partial charge in [-0.3, -0.25) is 20.4 Å². The first-order chi connectivity index (χ1) is 19.1. The number of carbonyl (C=O) groups excluding carboxylic acids is 1. The van der Waals surface area contributed by atoms with E-state index in [4.69, 9.17) is 9.72 Å². The van der Waals surface area contributed by atoms with Crippen LogP contribution in [0.25, 0.3) is 33.7 Å².